The molecule has 1 amide bonds. The normalized spacial score (nSPS) is 21.9. The highest BCUT2D eigenvalue weighted by Crippen LogP contribution is 2.34. The Kier molecular flexibility index (Phi) is 6.30. The topological polar surface area (TPSA) is 54.5 Å². The first-order valence-corrected chi connectivity index (χ1v) is 13.0. The number of amides is 1. The summed E-state index contributed by atoms with van der Waals surface area (Å²) in [5, 5.41) is 0.0468. The molecule has 0 N–H and O–H groups in total. The molecule has 0 saturated carbocycles. The number of hydrogen-bond acceptors (Lipinski definition) is 4. The first-order chi connectivity index (χ1) is 14.0. The summed E-state index contributed by atoms with van der Waals surface area (Å²) >= 11 is 1.55. The van der Waals surface area contributed by atoms with E-state index < -0.39 is 9.84 Å². The standard InChI is InChI=1S/C23H27NO3S2/c25-23(24-13-10-19(11-14-24)16-18-6-2-1-3-7-18)21-8-4-5-9-22(21)28-20-12-15-29(26,27)17-20/h1-9,19-20H,10-17H2/t20-/m1/s1. The second-order valence-corrected chi connectivity index (χ2v) is 11.6. The Morgan fingerprint density at radius 3 is 2.34 bits per heavy atom. The molecule has 6 heteroatoms. The Morgan fingerprint density at radius 2 is 1.66 bits per heavy atom. The van der Waals surface area contributed by atoms with E-state index in [1.54, 1.807) is 11.8 Å². The van der Waals surface area contributed by atoms with E-state index in [9.17, 15) is 13.2 Å². The highest BCUT2D eigenvalue weighted by Gasteiger charge is 2.30. The van der Waals surface area contributed by atoms with Gasteiger partial charge < -0.3 is 4.90 Å². The molecule has 2 aliphatic rings. The SMILES string of the molecule is O=C(c1ccccc1S[C@@H]1CCS(=O)(=O)C1)N1CCC(Cc2ccccc2)CC1. The van der Waals surface area contributed by atoms with Crippen LogP contribution in [0.15, 0.2) is 59.5 Å². The maximum absolute atomic E-state index is 13.2. The molecule has 29 heavy (non-hydrogen) atoms. The predicted molar refractivity (Wildman–Crippen MR) is 118 cm³/mol. The van der Waals surface area contributed by atoms with E-state index in [1.807, 2.05) is 35.2 Å². The average Bonchev–Trinajstić information content (AvgIpc) is 3.07. The maximum atomic E-state index is 13.2. The maximum Gasteiger partial charge on any atom is 0.254 e. The Morgan fingerprint density at radius 1 is 0.966 bits per heavy atom. The van der Waals surface area contributed by atoms with Crippen molar-refractivity contribution < 1.29 is 13.2 Å². The van der Waals surface area contributed by atoms with E-state index in [0.717, 1.165) is 37.2 Å². The number of rotatable bonds is 5. The summed E-state index contributed by atoms with van der Waals surface area (Å²) in [7, 11) is -2.92. The third-order valence-corrected chi connectivity index (χ3v) is 9.20. The Bertz CT molecular complexity index is 951. The van der Waals surface area contributed by atoms with Gasteiger partial charge in [-0.3, -0.25) is 4.79 Å². The summed E-state index contributed by atoms with van der Waals surface area (Å²) < 4.78 is 23.5. The summed E-state index contributed by atoms with van der Waals surface area (Å²) in [5.74, 6) is 1.17. The molecule has 2 saturated heterocycles. The summed E-state index contributed by atoms with van der Waals surface area (Å²) in [6.07, 6.45) is 3.79. The van der Waals surface area contributed by atoms with Gasteiger partial charge in [0.05, 0.1) is 17.1 Å². The molecule has 0 aromatic heterocycles. The first kappa shape index (κ1) is 20.5. The fourth-order valence-electron chi connectivity index (χ4n) is 4.24. The van der Waals surface area contributed by atoms with Gasteiger partial charge in [-0.05, 0) is 49.3 Å². The molecule has 0 spiro atoms. The van der Waals surface area contributed by atoms with E-state index in [1.165, 1.54) is 5.56 Å². The summed E-state index contributed by atoms with van der Waals surface area (Å²) in [6.45, 7) is 1.57. The van der Waals surface area contributed by atoms with Crippen LogP contribution in [0.3, 0.4) is 0 Å². The summed E-state index contributed by atoms with van der Waals surface area (Å²) in [5.41, 5.74) is 2.08. The summed E-state index contributed by atoms with van der Waals surface area (Å²) in [6, 6.07) is 18.2. The van der Waals surface area contributed by atoms with Crippen molar-refractivity contribution in [1.82, 2.24) is 4.90 Å². The molecular weight excluding hydrogens is 402 g/mol. The number of likely N-dealkylation sites (tertiary alicyclic amines) is 1. The van der Waals surface area contributed by atoms with E-state index in [-0.39, 0.29) is 22.7 Å². The molecule has 4 nitrogen and oxygen atoms in total. The molecular formula is C23H27NO3S2. The molecule has 0 bridgehead atoms. The predicted octanol–water partition coefficient (Wildman–Crippen LogP) is 4.06. The number of sulfone groups is 1. The minimum absolute atomic E-state index is 0.0468. The zero-order chi connectivity index (χ0) is 20.3. The van der Waals surface area contributed by atoms with Crippen LogP contribution in [0.2, 0.25) is 0 Å². The van der Waals surface area contributed by atoms with Crippen LogP contribution in [-0.2, 0) is 16.3 Å². The monoisotopic (exact) mass is 429 g/mol. The number of thioether (sulfide) groups is 1. The van der Waals surface area contributed by atoms with Crippen LogP contribution in [-0.4, -0.2) is 49.1 Å². The van der Waals surface area contributed by atoms with E-state index in [0.29, 0.717) is 17.9 Å². The molecule has 154 valence electrons. The zero-order valence-electron chi connectivity index (χ0n) is 16.5. The lowest BCUT2D eigenvalue weighted by Crippen LogP contribution is -2.39. The fourth-order valence-corrected chi connectivity index (χ4v) is 7.86. The van der Waals surface area contributed by atoms with Gasteiger partial charge in [-0.1, -0.05) is 42.5 Å². The van der Waals surface area contributed by atoms with Gasteiger partial charge in [0.25, 0.3) is 5.91 Å². The lowest BCUT2D eigenvalue weighted by molar-refractivity contribution is 0.0687. The molecule has 0 radical (unpaired) electrons. The van der Waals surface area contributed by atoms with Crippen molar-refractivity contribution in [1.29, 1.82) is 0 Å². The molecule has 2 heterocycles. The quantitative estimate of drug-likeness (QED) is 0.719. The van der Waals surface area contributed by atoms with Crippen molar-refractivity contribution in [3.63, 3.8) is 0 Å². The average molecular weight is 430 g/mol. The second kappa shape index (κ2) is 8.92. The van der Waals surface area contributed by atoms with E-state index in [4.69, 9.17) is 0 Å². The number of carbonyl (C=O) groups excluding carboxylic acids is 1. The Labute approximate surface area is 177 Å². The number of benzene rings is 2. The van der Waals surface area contributed by atoms with Gasteiger partial charge in [-0.15, -0.1) is 11.8 Å². The molecule has 2 aliphatic heterocycles. The molecule has 0 unspecified atom stereocenters. The van der Waals surface area contributed by atoms with Crippen molar-refractivity contribution in [3.05, 3.63) is 65.7 Å². The summed E-state index contributed by atoms with van der Waals surface area (Å²) in [4.78, 5) is 16.1. The molecule has 2 aromatic rings. The number of nitrogens with zero attached hydrogens (tertiary/aromatic N) is 1. The van der Waals surface area contributed by atoms with Crippen LogP contribution < -0.4 is 0 Å². The third kappa shape index (κ3) is 5.23. The van der Waals surface area contributed by atoms with Gasteiger partial charge in [-0.2, -0.15) is 0 Å². The minimum atomic E-state index is -2.92. The van der Waals surface area contributed by atoms with Crippen molar-refractivity contribution in [3.8, 4) is 0 Å². The van der Waals surface area contributed by atoms with Crippen molar-refractivity contribution >= 4 is 27.5 Å². The van der Waals surface area contributed by atoms with Crippen molar-refractivity contribution in [2.75, 3.05) is 24.6 Å². The highest BCUT2D eigenvalue weighted by atomic mass is 32.2. The van der Waals surface area contributed by atoms with Gasteiger partial charge in [0.2, 0.25) is 0 Å². The van der Waals surface area contributed by atoms with Crippen molar-refractivity contribution in [2.24, 2.45) is 5.92 Å². The zero-order valence-corrected chi connectivity index (χ0v) is 18.1. The molecule has 2 aromatic carbocycles. The van der Waals surface area contributed by atoms with Gasteiger partial charge >= 0.3 is 0 Å². The Balaban J connectivity index is 1.38. The number of carbonyl (C=O) groups is 1. The van der Waals surface area contributed by atoms with Crippen molar-refractivity contribution in [2.45, 2.75) is 35.8 Å². The molecule has 4 rings (SSSR count). The molecule has 0 aliphatic carbocycles. The number of hydrogen-bond donors (Lipinski definition) is 0. The Hall–Kier alpha value is -1.79. The van der Waals surface area contributed by atoms with Gasteiger partial charge in [0.15, 0.2) is 9.84 Å². The third-order valence-electron chi connectivity index (χ3n) is 5.87. The first-order valence-electron chi connectivity index (χ1n) is 10.3. The van der Waals surface area contributed by atoms with Gasteiger partial charge in [0, 0.05) is 23.2 Å². The van der Waals surface area contributed by atoms with Gasteiger partial charge in [-0.25, -0.2) is 8.42 Å². The smallest absolute Gasteiger partial charge is 0.254 e. The largest absolute Gasteiger partial charge is 0.339 e. The minimum Gasteiger partial charge on any atom is -0.339 e. The van der Waals surface area contributed by atoms with Crippen LogP contribution in [0, 0.1) is 5.92 Å². The lowest BCUT2D eigenvalue weighted by Gasteiger charge is -2.32. The van der Waals surface area contributed by atoms with Crippen LogP contribution in [0.4, 0.5) is 0 Å². The fraction of sp³-hybridized carbons (Fsp3) is 0.435. The molecule has 2 fully saturated rings. The van der Waals surface area contributed by atoms with Crippen LogP contribution in [0.25, 0.3) is 0 Å². The van der Waals surface area contributed by atoms with Gasteiger partial charge in [0.1, 0.15) is 0 Å². The van der Waals surface area contributed by atoms with Crippen LogP contribution in [0.5, 0.6) is 0 Å². The van der Waals surface area contributed by atoms with E-state index >= 15 is 0 Å². The second-order valence-electron chi connectivity index (χ2n) is 8.06. The highest BCUT2D eigenvalue weighted by molar-refractivity contribution is 8.02. The van der Waals surface area contributed by atoms with E-state index in [2.05, 4.69) is 24.3 Å². The van der Waals surface area contributed by atoms with Crippen LogP contribution in [0.1, 0.15) is 35.2 Å². The van der Waals surface area contributed by atoms with Crippen LogP contribution >= 0.6 is 11.8 Å². The lowest BCUT2D eigenvalue weighted by atomic mass is 9.90. The molecule has 1 atom stereocenters. The number of piperidine rings is 1.